The van der Waals surface area contributed by atoms with Gasteiger partial charge >= 0.3 is 0 Å². The third-order valence-corrected chi connectivity index (χ3v) is 4.34. The summed E-state index contributed by atoms with van der Waals surface area (Å²) in [4.78, 5) is 25.3. The molecule has 146 valence electrons. The van der Waals surface area contributed by atoms with Gasteiger partial charge in [0.15, 0.2) is 11.5 Å². The first-order valence-electron chi connectivity index (χ1n) is 8.68. The summed E-state index contributed by atoms with van der Waals surface area (Å²) in [7, 11) is 1.54. The predicted molar refractivity (Wildman–Crippen MR) is 111 cm³/mol. The second kappa shape index (κ2) is 7.67. The van der Waals surface area contributed by atoms with Crippen molar-refractivity contribution in [1.29, 1.82) is 0 Å². The van der Waals surface area contributed by atoms with Gasteiger partial charge in [0.25, 0.3) is 11.8 Å². The number of benzene rings is 2. The fourth-order valence-corrected chi connectivity index (χ4v) is 3.19. The molecule has 0 aliphatic carbocycles. The number of nitrogens with zero attached hydrogens (tertiary/aromatic N) is 1. The number of para-hydroxylation sites is 1. The summed E-state index contributed by atoms with van der Waals surface area (Å²) in [5.74, 6) is 0.0535. The van der Waals surface area contributed by atoms with E-state index in [1.807, 2.05) is 26.8 Å². The Morgan fingerprint density at radius 3 is 2.39 bits per heavy atom. The van der Waals surface area contributed by atoms with Gasteiger partial charge < -0.3 is 9.47 Å². The van der Waals surface area contributed by atoms with Gasteiger partial charge in [-0.3, -0.25) is 15.0 Å². The molecular weight excluding hydrogens is 424 g/mol. The van der Waals surface area contributed by atoms with Gasteiger partial charge in [0.2, 0.25) is 0 Å². The van der Waals surface area contributed by atoms with E-state index in [9.17, 15) is 9.59 Å². The number of anilines is 1. The minimum atomic E-state index is -0.494. The van der Waals surface area contributed by atoms with Crippen LogP contribution in [0.5, 0.6) is 11.5 Å². The quantitative estimate of drug-likeness (QED) is 0.569. The van der Waals surface area contributed by atoms with Crippen LogP contribution in [0.15, 0.2) is 52.5 Å². The van der Waals surface area contributed by atoms with Gasteiger partial charge in [-0.15, -0.1) is 0 Å². The van der Waals surface area contributed by atoms with Gasteiger partial charge in [0, 0.05) is 10.0 Å². The topological polar surface area (TPSA) is 67.9 Å². The molecule has 0 saturated carbocycles. The zero-order valence-electron chi connectivity index (χ0n) is 16.1. The van der Waals surface area contributed by atoms with Crippen LogP contribution < -0.4 is 19.9 Å². The zero-order chi connectivity index (χ0) is 20.5. The maximum absolute atomic E-state index is 12.8. The first kappa shape index (κ1) is 19.9. The Balaban J connectivity index is 2.06. The van der Waals surface area contributed by atoms with Crippen molar-refractivity contribution in [2.24, 2.45) is 0 Å². The summed E-state index contributed by atoms with van der Waals surface area (Å²) >= 11 is 3.44. The minimum absolute atomic E-state index is 0.0164. The number of hydrogen-bond donors (Lipinski definition) is 1. The molecule has 0 bridgehead atoms. The van der Waals surface area contributed by atoms with Crippen molar-refractivity contribution in [3.8, 4) is 11.5 Å². The van der Waals surface area contributed by atoms with E-state index >= 15 is 0 Å². The highest BCUT2D eigenvalue weighted by molar-refractivity contribution is 9.10. The molecule has 1 aliphatic heterocycles. The van der Waals surface area contributed by atoms with E-state index in [1.54, 1.807) is 43.5 Å². The SMILES string of the molecule is COc1cc(Br)cc(/C=C2/C(=O)NN(c3ccccc3)C2=O)c1OC(C)(C)C. The molecular formula is C21H21BrN2O4. The minimum Gasteiger partial charge on any atom is -0.493 e. The van der Waals surface area contributed by atoms with Crippen LogP contribution in [-0.4, -0.2) is 24.5 Å². The molecule has 28 heavy (non-hydrogen) atoms. The number of carbonyl (C=O) groups is 2. The van der Waals surface area contributed by atoms with Crippen LogP contribution in [0.3, 0.4) is 0 Å². The van der Waals surface area contributed by atoms with E-state index in [2.05, 4.69) is 21.4 Å². The Labute approximate surface area is 172 Å². The van der Waals surface area contributed by atoms with E-state index in [0.717, 1.165) is 4.47 Å². The van der Waals surface area contributed by atoms with Crippen LogP contribution in [0.25, 0.3) is 6.08 Å². The second-order valence-electron chi connectivity index (χ2n) is 7.22. The molecule has 0 unspecified atom stereocenters. The molecule has 1 aliphatic rings. The van der Waals surface area contributed by atoms with Crippen molar-refractivity contribution >= 4 is 39.5 Å². The van der Waals surface area contributed by atoms with Crippen LogP contribution in [0.1, 0.15) is 26.3 Å². The molecule has 6 nitrogen and oxygen atoms in total. The molecule has 1 fully saturated rings. The summed E-state index contributed by atoms with van der Waals surface area (Å²) in [5, 5.41) is 1.23. The zero-order valence-corrected chi connectivity index (χ0v) is 17.7. The number of nitrogens with one attached hydrogen (secondary N) is 1. The number of hydrazine groups is 1. The van der Waals surface area contributed by atoms with E-state index in [1.165, 1.54) is 11.1 Å². The van der Waals surface area contributed by atoms with E-state index in [0.29, 0.717) is 22.7 Å². The first-order valence-corrected chi connectivity index (χ1v) is 9.47. The Morgan fingerprint density at radius 2 is 1.79 bits per heavy atom. The molecule has 2 aromatic carbocycles. The molecule has 0 aromatic heterocycles. The standard InChI is InChI=1S/C21H21BrN2O4/c1-21(2,3)28-18-13(10-14(22)12-17(18)27-4)11-16-19(25)23-24(20(16)26)15-8-6-5-7-9-15/h5-12H,1-4H3,(H,23,25)/b16-11-. The molecule has 1 N–H and O–H groups in total. The van der Waals surface area contributed by atoms with Crippen molar-refractivity contribution in [2.45, 2.75) is 26.4 Å². The van der Waals surface area contributed by atoms with E-state index < -0.39 is 17.4 Å². The first-order chi connectivity index (χ1) is 13.2. The third kappa shape index (κ3) is 4.20. The fraction of sp³-hybridized carbons (Fsp3) is 0.238. The van der Waals surface area contributed by atoms with Crippen LogP contribution >= 0.6 is 15.9 Å². The predicted octanol–water partition coefficient (Wildman–Crippen LogP) is 4.10. The highest BCUT2D eigenvalue weighted by Crippen LogP contribution is 2.38. The number of carbonyl (C=O) groups excluding carboxylic acids is 2. The molecule has 7 heteroatoms. The number of amides is 2. The number of ether oxygens (including phenoxy) is 2. The lowest BCUT2D eigenvalue weighted by atomic mass is 10.1. The van der Waals surface area contributed by atoms with E-state index in [-0.39, 0.29) is 5.57 Å². The number of halogens is 1. The lowest BCUT2D eigenvalue weighted by Gasteiger charge is -2.24. The maximum atomic E-state index is 12.8. The average Bonchev–Trinajstić information content (AvgIpc) is 2.91. The van der Waals surface area contributed by atoms with Gasteiger partial charge in [-0.25, -0.2) is 5.01 Å². The Bertz CT molecular complexity index is 949. The lowest BCUT2D eigenvalue weighted by molar-refractivity contribution is -0.117. The van der Waals surface area contributed by atoms with Crippen molar-refractivity contribution in [1.82, 2.24) is 5.43 Å². The summed E-state index contributed by atoms with van der Waals surface area (Å²) in [6.45, 7) is 5.74. The fourth-order valence-electron chi connectivity index (χ4n) is 2.73. The van der Waals surface area contributed by atoms with Crippen LogP contribution in [-0.2, 0) is 9.59 Å². The summed E-state index contributed by atoms with van der Waals surface area (Å²) < 4.78 is 12.2. The Morgan fingerprint density at radius 1 is 1.11 bits per heavy atom. The highest BCUT2D eigenvalue weighted by atomic mass is 79.9. The number of rotatable bonds is 4. The summed E-state index contributed by atoms with van der Waals surface area (Å²) in [6.07, 6.45) is 1.52. The van der Waals surface area contributed by atoms with Crippen LogP contribution in [0.2, 0.25) is 0 Å². The molecule has 3 rings (SSSR count). The lowest BCUT2D eigenvalue weighted by Crippen LogP contribution is -2.35. The summed E-state index contributed by atoms with van der Waals surface area (Å²) in [6, 6.07) is 12.5. The largest absolute Gasteiger partial charge is 0.493 e. The third-order valence-electron chi connectivity index (χ3n) is 3.88. The monoisotopic (exact) mass is 444 g/mol. The van der Waals surface area contributed by atoms with Crippen LogP contribution in [0, 0.1) is 0 Å². The van der Waals surface area contributed by atoms with Crippen molar-refractivity contribution < 1.29 is 19.1 Å². The smallest absolute Gasteiger partial charge is 0.282 e. The van der Waals surface area contributed by atoms with Gasteiger partial charge in [-0.05, 0) is 51.1 Å². The second-order valence-corrected chi connectivity index (χ2v) is 8.13. The van der Waals surface area contributed by atoms with E-state index in [4.69, 9.17) is 9.47 Å². The number of hydrogen-bond acceptors (Lipinski definition) is 4. The van der Waals surface area contributed by atoms with Gasteiger partial charge in [-0.1, -0.05) is 34.1 Å². The van der Waals surface area contributed by atoms with Crippen molar-refractivity contribution in [2.75, 3.05) is 12.1 Å². The van der Waals surface area contributed by atoms with Gasteiger partial charge in [0.1, 0.15) is 11.2 Å². The molecule has 1 saturated heterocycles. The molecule has 2 amide bonds. The molecule has 0 atom stereocenters. The Hall–Kier alpha value is -2.80. The number of methoxy groups -OCH3 is 1. The van der Waals surface area contributed by atoms with Crippen molar-refractivity contribution in [3.63, 3.8) is 0 Å². The molecule has 2 aromatic rings. The average molecular weight is 445 g/mol. The highest BCUT2D eigenvalue weighted by Gasteiger charge is 2.35. The normalized spacial score (nSPS) is 15.8. The van der Waals surface area contributed by atoms with Crippen molar-refractivity contribution in [3.05, 3.63) is 58.1 Å². The maximum Gasteiger partial charge on any atom is 0.282 e. The Kier molecular flexibility index (Phi) is 5.47. The molecule has 0 radical (unpaired) electrons. The van der Waals surface area contributed by atoms with Crippen LogP contribution in [0.4, 0.5) is 5.69 Å². The summed E-state index contributed by atoms with van der Waals surface area (Å²) in [5.41, 5.74) is 3.27. The van der Waals surface area contributed by atoms with Gasteiger partial charge in [0.05, 0.1) is 12.8 Å². The van der Waals surface area contributed by atoms with Gasteiger partial charge in [-0.2, -0.15) is 0 Å². The molecule has 0 spiro atoms. The molecule has 1 heterocycles.